The van der Waals surface area contributed by atoms with Crippen molar-refractivity contribution in [3.63, 3.8) is 0 Å². The molecule has 4 nitrogen and oxygen atoms in total. The molecule has 8 heteroatoms. The standard InChI is InChI=1S/C16H18Cl2N2O2S2/c17-15-12-14(16(18)23-15)24(21,22)20-10-8-19(9-11-20)7-6-13-4-2-1-3-5-13/h1-5,12H,6-11H2. The summed E-state index contributed by atoms with van der Waals surface area (Å²) in [7, 11) is -3.56. The van der Waals surface area contributed by atoms with Crippen LogP contribution in [0.15, 0.2) is 41.3 Å². The van der Waals surface area contributed by atoms with Crippen molar-refractivity contribution in [2.45, 2.75) is 11.3 Å². The lowest BCUT2D eigenvalue weighted by Crippen LogP contribution is -2.48. The quantitative estimate of drug-likeness (QED) is 0.763. The Morgan fingerprint density at radius 1 is 1.04 bits per heavy atom. The number of halogens is 2. The molecule has 2 heterocycles. The van der Waals surface area contributed by atoms with E-state index in [1.165, 1.54) is 15.9 Å². The largest absolute Gasteiger partial charge is 0.300 e. The summed E-state index contributed by atoms with van der Waals surface area (Å²) in [5, 5.41) is 0. The minimum atomic E-state index is -3.56. The second-order valence-electron chi connectivity index (χ2n) is 5.67. The Labute approximate surface area is 156 Å². The molecule has 0 saturated carbocycles. The number of hydrogen-bond acceptors (Lipinski definition) is 4. The van der Waals surface area contributed by atoms with Gasteiger partial charge in [-0.15, -0.1) is 11.3 Å². The van der Waals surface area contributed by atoms with Crippen molar-refractivity contribution < 1.29 is 8.42 Å². The highest BCUT2D eigenvalue weighted by Crippen LogP contribution is 2.36. The minimum absolute atomic E-state index is 0.122. The zero-order valence-electron chi connectivity index (χ0n) is 13.0. The molecular formula is C16H18Cl2N2O2S2. The Balaban J connectivity index is 1.57. The van der Waals surface area contributed by atoms with Gasteiger partial charge in [0.2, 0.25) is 10.0 Å². The van der Waals surface area contributed by atoms with Gasteiger partial charge in [0.1, 0.15) is 9.23 Å². The number of piperazine rings is 1. The number of benzene rings is 1. The maximum Gasteiger partial charge on any atom is 0.245 e. The van der Waals surface area contributed by atoms with Crippen LogP contribution >= 0.6 is 34.5 Å². The summed E-state index contributed by atoms with van der Waals surface area (Å²) in [5.74, 6) is 0. The Morgan fingerprint density at radius 3 is 2.29 bits per heavy atom. The average Bonchev–Trinajstić information content (AvgIpc) is 2.93. The topological polar surface area (TPSA) is 40.6 Å². The lowest BCUT2D eigenvalue weighted by atomic mass is 10.1. The monoisotopic (exact) mass is 404 g/mol. The third kappa shape index (κ3) is 4.12. The van der Waals surface area contributed by atoms with Gasteiger partial charge in [0, 0.05) is 32.7 Å². The van der Waals surface area contributed by atoms with E-state index >= 15 is 0 Å². The van der Waals surface area contributed by atoms with Gasteiger partial charge in [0.15, 0.2) is 0 Å². The molecule has 0 amide bonds. The van der Waals surface area contributed by atoms with Crippen LogP contribution in [0.4, 0.5) is 0 Å². The molecule has 2 aromatic rings. The van der Waals surface area contributed by atoms with E-state index in [1.54, 1.807) is 0 Å². The third-order valence-corrected chi connectivity index (χ3v) is 7.79. The predicted molar refractivity (Wildman–Crippen MR) is 99.7 cm³/mol. The summed E-state index contributed by atoms with van der Waals surface area (Å²) in [5.41, 5.74) is 1.30. The van der Waals surface area contributed by atoms with Gasteiger partial charge in [-0.3, -0.25) is 0 Å². The van der Waals surface area contributed by atoms with Crippen LogP contribution in [0.5, 0.6) is 0 Å². The van der Waals surface area contributed by atoms with Gasteiger partial charge >= 0.3 is 0 Å². The SMILES string of the molecule is O=S(=O)(c1cc(Cl)sc1Cl)N1CCN(CCc2ccccc2)CC1. The van der Waals surface area contributed by atoms with Crippen LogP contribution in [-0.4, -0.2) is 50.3 Å². The van der Waals surface area contributed by atoms with E-state index in [1.807, 2.05) is 18.2 Å². The zero-order valence-corrected chi connectivity index (χ0v) is 16.1. The fourth-order valence-corrected chi connectivity index (χ4v) is 6.30. The summed E-state index contributed by atoms with van der Waals surface area (Å²) in [6.07, 6.45) is 0.972. The van der Waals surface area contributed by atoms with Gasteiger partial charge in [0.25, 0.3) is 0 Å². The Kier molecular flexibility index (Phi) is 5.85. The maximum atomic E-state index is 12.7. The lowest BCUT2D eigenvalue weighted by Gasteiger charge is -2.33. The number of rotatable bonds is 5. The van der Waals surface area contributed by atoms with Crippen molar-refractivity contribution in [1.29, 1.82) is 0 Å². The molecule has 1 aliphatic rings. The first-order valence-electron chi connectivity index (χ1n) is 7.68. The average molecular weight is 405 g/mol. The molecule has 1 aromatic heterocycles. The van der Waals surface area contributed by atoms with Crippen molar-refractivity contribution in [2.24, 2.45) is 0 Å². The van der Waals surface area contributed by atoms with Crippen molar-refractivity contribution in [1.82, 2.24) is 9.21 Å². The van der Waals surface area contributed by atoms with E-state index in [-0.39, 0.29) is 9.23 Å². The molecule has 3 rings (SSSR count). The molecule has 130 valence electrons. The summed E-state index contributed by atoms with van der Waals surface area (Å²) in [6.45, 7) is 3.33. The number of thiophene rings is 1. The second-order valence-corrected chi connectivity index (χ2v) is 9.86. The molecule has 0 atom stereocenters. The van der Waals surface area contributed by atoms with Crippen molar-refractivity contribution in [3.05, 3.63) is 50.6 Å². The fourth-order valence-electron chi connectivity index (χ4n) is 2.77. The lowest BCUT2D eigenvalue weighted by molar-refractivity contribution is 0.190. The maximum absolute atomic E-state index is 12.7. The van der Waals surface area contributed by atoms with Crippen LogP contribution in [0.25, 0.3) is 0 Å². The molecule has 1 fully saturated rings. The number of sulfonamides is 1. The summed E-state index contributed by atoms with van der Waals surface area (Å²) in [4.78, 5) is 2.42. The first-order valence-corrected chi connectivity index (χ1v) is 10.7. The molecule has 0 unspecified atom stereocenters. The van der Waals surface area contributed by atoms with Gasteiger partial charge in [-0.05, 0) is 18.1 Å². The molecule has 0 spiro atoms. The molecule has 0 radical (unpaired) electrons. The molecule has 0 bridgehead atoms. The zero-order chi connectivity index (χ0) is 17.2. The van der Waals surface area contributed by atoms with Crippen LogP contribution in [0, 0.1) is 0 Å². The summed E-state index contributed by atoms with van der Waals surface area (Å²) < 4.78 is 27.5. The Morgan fingerprint density at radius 2 is 1.71 bits per heavy atom. The summed E-state index contributed by atoms with van der Waals surface area (Å²) >= 11 is 13.0. The minimum Gasteiger partial charge on any atom is -0.300 e. The summed E-state index contributed by atoms with van der Waals surface area (Å²) in [6, 6.07) is 11.7. The van der Waals surface area contributed by atoms with Gasteiger partial charge in [-0.1, -0.05) is 53.5 Å². The molecule has 0 N–H and O–H groups in total. The van der Waals surface area contributed by atoms with Gasteiger partial charge < -0.3 is 4.90 Å². The van der Waals surface area contributed by atoms with Gasteiger partial charge in [-0.2, -0.15) is 4.31 Å². The van der Waals surface area contributed by atoms with Gasteiger partial charge in [0.05, 0.1) is 4.34 Å². The molecule has 24 heavy (non-hydrogen) atoms. The highest BCUT2D eigenvalue weighted by molar-refractivity contribution is 7.89. The molecule has 1 aliphatic heterocycles. The normalized spacial score (nSPS) is 17.2. The van der Waals surface area contributed by atoms with Crippen LogP contribution < -0.4 is 0 Å². The first-order chi connectivity index (χ1) is 11.5. The van der Waals surface area contributed by atoms with Crippen LogP contribution in [0.2, 0.25) is 8.67 Å². The highest BCUT2D eigenvalue weighted by atomic mass is 35.5. The van der Waals surface area contributed by atoms with E-state index in [2.05, 4.69) is 17.0 Å². The molecule has 1 aromatic carbocycles. The van der Waals surface area contributed by atoms with E-state index < -0.39 is 10.0 Å². The van der Waals surface area contributed by atoms with Crippen LogP contribution in [-0.2, 0) is 16.4 Å². The first kappa shape index (κ1) is 18.2. The molecule has 1 saturated heterocycles. The number of hydrogen-bond donors (Lipinski definition) is 0. The smallest absolute Gasteiger partial charge is 0.245 e. The van der Waals surface area contributed by atoms with E-state index in [0.717, 1.165) is 37.4 Å². The van der Waals surface area contributed by atoms with E-state index in [0.29, 0.717) is 17.4 Å². The van der Waals surface area contributed by atoms with Crippen molar-refractivity contribution in [3.8, 4) is 0 Å². The fraction of sp³-hybridized carbons (Fsp3) is 0.375. The highest BCUT2D eigenvalue weighted by Gasteiger charge is 2.31. The van der Waals surface area contributed by atoms with Crippen LogP contribution in [0.1, 0.15) is 5.56 Å². The second kappa shape index (κ2) is 7.72. The van der Waals surface area contributed by atoms with Gasteiger partial charge in [-0.25, -0.2) is 8.42 Å². The van der Waals surface area contributed by atoms with E-state index in [9.17, 15) is 8.42 Å². The molecular weight excluding hydrogens is 387 g/mol. The predicted octanol–water partition coefficient (Wildman–Crippen LogP) is 3.60. The number of nitrogens with zero attached hydrogens (tertiary/aromatic N) is 2. The van der Waals surface area contributed by atoms with Crippen LogP contribution in [0.3, 0.4) is 0 Å². The Hall–Kier alpha value is -0.630. The molecule has 0 aliphatic carbocycles. The van der Waals surface area contributed by atoms with Crippen molar-refractivity contribution in [2.75, 3.05) is 32.7 Å². The van der Waals surface area contributed by atoms with Crippen molar-refractivity contribution >= 4 is 44.6 Å². The van der Waals surface area contributed by atoms with E-state index in [4.69, 9.17) is 23.2 Å². The Bertz CT molecular complexity index is 786. The third-order valence-electron chi connectivity index (χ3n) is 4.13.